The van der Waals surface area contributed by atoms with Crippen molar-refractivity contribution in [3.05, 3.63) is 34.9 Å². The van der Waals surface area contributed by atoms with Crippen molar-refractivity contribution in [2.75, 3.05) is 32.5 Å². The van der Waals surface area contributed by atoms with E-state index in [1.54, 1.807) is 12.1 Å². The number of amides is 1. The van der Waals surface area contributed by atoms with Crippen LogP contribution in [-0.4, -0.2) is 65.7 Å². The first-order chi connectivity index (χ1) is 13.7. The molecule has 1 aromatic rings. The van der Waals surface area contributed by atoms with Gasteiger partial charge in [0.2, 0.25) is 0 Å². The third-order valence-electron chi connectivity index (χ3n) is 4.90. The van der Waals surface area contributed by atoms with Crippen molar-refractivity contribution in [1.82, 2.24) is 10.2 Å². The van der Waals surface area contributed by atoms with Gasteiger partial charge in [-0.15, -0.1) is 0 Å². The van der Waals surface area contributed by atoms with Crippen LogP contribution in [0.1, 0.15) is 23.2 Å². The molecule has 10 heteroatoms. The molecule has 5 N–H and O–H groups in total. The van der Waals surface area contributed by atoms with E-state index in [9.17, 15) is 14.4 Å². The number of halogens is 1. The number of hydrogen-bond donors (Lipinski definition) is 4. The number of nitrogens with two attached hydrogens (primary N) is 1. The third-order valence-corrected chi connectivity index (χ3v) is 5.23. The number of piperidine rings is 3. The normalized spacial score (nSPS) is 22.5. The van der Waals surface area contributed by atoms with Gasteiger partial charge in [0, 0.05) is 30.8 Å². The molecule has 3 aliphatic heterocycles. The largest absolute Gasteiger partial charge is 0.496 e. The van der Waals surface area contributed by atoms with Crippen molar-refractivity contribution in [1.29, 1.82) is 0 Å². The highest BCUT2D eigenvalue weighted by atomic mass is 35.5. The molecule has 158 valence electrons. The van der Waals surface area contributed by atoms with Crippen LogP contribution < -0.4 is 15.8 Å². The van der Waals surface area contributed by atoms with Crippen molar-refractivity contribution in [2.24, 2.45) is 5.92 Å². The molecule has 0 spiro atoms. The second-order valence-corrected chi connectivity index (χ2v) is 7.21. The van der Waals surface area contributed by atoms with Gasteiger partial charge in [-0.3, -0.25) is 4.79 Å². The second kappa shape index (κ2) is 10.1. The fraction of sp³-hybridized carbons (Fsp3) is 0.421. The minimum atomic E-state index is -1.26. The number of carbonyl (C=O) groups is 3. The van der Waals surface area contributed by atoms with Crippen molar-refractivity contribution in [3.8, 4) is 5.75 Å². The zero-order chi connectivity index (χ0) is 21.6. The Balaban J connectivity index is 0.000000321. The van der Waals surface area contributed by atoms with Crippen LogP contribution in [0.15, 0.2) is 24.3 Å². The van der Waals surface area contributed by atoms with Crippen LogP contribution in [0.5, 0.6) is 5.75 Å². The number of benzene rings is 1. The van der Waals surface area contributed by atoms with Gasteiger partial charge >= 0.3 is 11.9 Å². The van der Waals surface area contributed by atoms with E-state index in [1.807, 2.05) is 0 Å². The van der Waals surface area contributed by atoms with Crippen molar-refractivity contribution >= 4 is 35.1 Å². The van der Waals surface area contributed by atoms with Crippen molar-refractivity contribution in [3.63, 3.8) is 0 Å². The van der Waals surface area contributed by atoms with Gasteiger partial charge in [-0.1, -0.05) is 11.6 Å². The van der Waals surface area contributed by atoms with E-state index in [0.717, 1.165) is 32.5 Å². The molecule has 3 heterocycles. The number of aliphatic carboxylic acids is 2. The molecule has 0 radical (unpaired) electrons. The summed E-state index contributed by atoms with van der Waals surface area (Å²) in [6, 6.07) is 3.38. The lowest BCUT2D eigenvalue weighted by molar-refractivity contribution is -0.134. The lowest BCUT2D eigenvalue weighted by Crippen LogP contribution is -2.57. The monoisotopic (exact) mass is 425 g/mol. The van der Waals surface area contributed by atoms with Crippen molar-refractivity contribution in [2.45, 2.75) is 18.9 Å². The van der Waals surface area contributed by atoms with Gasteiger partial charge in [0.05, 0.1) is 23.4 Å². The summed E-state index contributed by atoms with van der Waals surface area (Å²) in [7, 11) is 1.52. The molecule has 29 heavy (non-hydrogen) atoms. The molecule has 3 saturated heterocycles. The highest BCUT2D eigenvalue weighted by Gasteiger charge is 2.35. The number of anilines is 1. The van der Waals surface area contributed by atoms with Crippen LogP contribution in [0, 0.1) is 5.92 Å². The predicted molar refractivity (Wildman–Crippen MR) is 107 cm³/mol. The number of ether oxygens (including phenoxy) is 1. The number of methoxy groups -OCH3 is 1. The lowest BCUT2D eigenvalue weighted by atomic mass is 9.84. The predicted octanol–water partition coefficient (Wildman–Crippen LogP) is 1.47. The number of rotatable bonds is 5. The van der Waals surface area contributed by atoms with Crippen LogP contribution >= 0.6 is 11.6 Å². The summed E-state index contributed by atoms with van der Waals surface area (Å²) in [6.07, 6.45) is 3.43. The zero-order valence-electron chi connectivity index (χ0n) is 15.9. The molecular formula is C19H24ClN3O6. The molecule has 3 fully saturated rings. The highest BCUT2D eigenvalue weighted by molar-refractivity contribution is 6.33. The summed E-state index contributed by atoms with van der Waals surface area (Å²) in [5.74, 6) is -1.63. The maximum absolute atomic E-state index is 12.5. The van der Waals surface area contributed by atoms with E-state index in [0.29, 0.717) is 40.1 Å². The first-order valence-electron chi connectivity index (χ1n) is 9.01. The van der Waals surface area contributed by atoms with Gasteiger partial charge in [0.25, 0.3) is 5.91 Å². The molecule has 1 aromatic carbocycles. The quantitative estimate of drug-likeness (QED) is 0.410. The Morgan fingerprint density at radius 1 is 1.21 bits per heavy atom. The van der Waals surface area contributed by atoms with Gasteiger partial charge in [0.15, 0.2) is 0 Å². The van der Waals surface area contributed by atoms with Crippen LogP contribution in [-0.2, 0) is 9.59 Å². The van der Waals surface area contributed by atoms with E-state index in [4.69, 9.17) is 32.3 Å². The van der Waals surface area contributed by atoms with Crippen LogP contribution in [0.4, 0.5) is 5.69 Å². The Hall–Kier alpha value is -2.78. The Kier molecular flexibility index (Phi) is 7.86. The van der Waals surface area contributed by atoms with E-state index >= 15 is 0 Å². The molecule has 9 nitrogen and oxygen atoms in total. The van der Waals surface area contributed by atoms with Crippen molar-refractivity contribution < 1.29 is 29.3 Å². The smallest absolute Gasteiger partial charge is 0.328 e. The third kappa shape index (κ3) is 6.37. The molecule has 1 atom stereocenters. The van der Waals surface area contributed by atoms with E-state index < -0.39 is 11.9 Å². The number of nitrogens with zero attached hydrogens (tertiary/aromatic N) is 1. The van der Waals surface area contributed by atoms with Gasteiger partial charge in [-0.05, 0) is 37.9 Å². The molecule has 1 amide bonds. The summed E-state index contributed by atoms with van der Waals surface area (Å²) in [5, 5.41) is 19.1. The van der Waals surface area contributed by atoms with Crippen LogP contribution in [0.25, 0.3) is 0 Å². The van der Waals surface area contributed by atoms with Crippen LogP contribution in [0.2, 0.25) is 5.02 Å². The molecule has 1 unspecified atom stereocenters. The van der Waals surface area contributed by atoms with Gasteiger partial charge in [0.1, 0.15) is 5.75 Å². The number of nitrogen functional groups attached to an aromatic ring is 1. The summed E-state index contributed by atoms with van der Waals surface area (Å²) in [5.41, 5.74) is 6.60. The van der Waals surface area contributed by atoms with E-state index in [1.165, 1.54) is 7.11 Å². The Morgan fingerprint density at radius 2 is 1.79 bits per heavy atom. The molecule has 0 aromatic heterocycles. The average molecular weight is 426 g/mol. The fourth-order valence-electron chi connectivity index (χ4n) is 3.43. The minimum Gasteiger partial charge on any atom is -0.496 e. The molecular weight excluding hydrogens is 402 g/mol. The first kappa shape index (κ1) is 22.5. The van der Waals surface area contributed by atoms with Gasteiger partial charge < -0.3 is 30.9 Å². The lowest BCUT2D eigenvalue weighted by Gasteiger charge is -2.44. The van der Waals surface area contributed by atoms with Gasteiger partial charge in [-0.25, -0.2) is 9.59 Å². The Bertz CT molecular complexity index is 789. The highest BCUT2D eigenvalue weighted by Crippen LogP contribution is 2.31. The number of hydrogen-bond acceptors (Lipinski definition) is 6. The Morgan fingerprint density at radius 3 is 2.24 bits per heavy atom. The number of carbonyl (C=O) groups excluding carboxylic acids is 1. The summed E-state index contributed by atoms with van der Waals surface area (Å²) in [6.45, 7) is 3.23. The average Bonchev–Trinajstić information content (AvgIpc) is 2.69. The van der Waals surface area contributed by atoms with E-state index in [2.05, 4.69) is 10.2 Å². The summed E-state index contributed by atoms with van der Waals surface area (Å²) >= 11 is 6.02. The number of fused-ring (bicyclic) bond motifs is 3. The summed E-state index contributed by atoms with van der Waals surface area (Å²) in [4.78, 5) is 34.0. The number of nitrogens with one attached hydrogen (secondary N) is 1. The zero-order valence-corrected chi connectivity index (χ0v) is 16.7. The van der Waals surface area contributed by atoms with E-state index in [-0.39, 0.29) is 11.9 Å². The maximum atomic E-state index is 12.5. The van der Waals surface area contributed by atoms with Crippen LogP contribution in [0.3, 0.4) is 0 Å². The molecule has 0 aliphatic carbocycles. The molecule has 0 saturated carbocycles. The molecule has 2 bridgehead atoms. The van der Waals surface area contributed by atoms with Gasteiger partial charge in [-0.2, -0.15) is 0 Å². The Labute approximate surface area is 173 Å². The molecule has 3 aliphatic rings. The maximum Gasteiger partial charge on any atom is 0.328 e. The number of carboxylic acid groups (broad SMARTS) is 2. The summed E-state index contributed by atoms with van der Waals surface area (Å²) < 4.78 is 5.24. The standard InChI is InChI=1S/C15H20ClN3O2.C4H4O4/c1-21-14-7-12(17)11(16)6-10(14)15(20)18-13-8-19-4-2-9(13)3-5-19;5-3(6)1-2-4(7)8/h6-7,9,13H,2-5,8,17H2,1H3,(H,18,20);1-2H,(H,5,6)(H,7,8). The second-order valence-electron chi connectivity index (χ2n) is 6.80. The molecule has 4 rings (SSSR count). The SMILES string of the molecule is COc1cc(N)c(Cl)cc1C(=O)NC1CN2CCC1CC2.O=C(O)C=CC(=O)O. The fourth-order valence-corrected chi connectivity index (χ4v) is 3.60. The first-order valence-corrected chi connectivity index (χ1v) is 9.39. The topological polar surface area (TPSA) is 142 Å². The number of carboxylic acids is 2. The minimum absolute atomic E-state index is 0.146.